The first-order valence-corrected chi connectivity index (χ1v) is 5.61. The maximum Gasteiger partial charge on any atom is 0.244 e. The number of hydrogen-bond acceptors (Lipinski definition) is 5. The van der Waals surface area contributed by atoms with Crippen molar-refractivity contribution in [3.05, 3.63) is 24.4 Å². The van der Waals surface area contributed by atoms with Crippen molar-refractivity contribution >= 4 is 5.91 Å². The summed E-state index contributed by atoms with van der Waals surface area (Å²) in [4.78, 5) is 14.0. The summed E-state index contributed by atoms with van der Waals surface area (Å²) in [7, 11) is 1.77. The highest BCUT2D eigenvalue weighted by molar-refractivity contribution is 5.85. The van der Waals surface area contributed by atoms with Crippen LogP contribution < -0.4 is 5.32 Å². The van der Waals surface area contributed by atoms with E-state index in [-0.39, 0.29) is 11.9 Å². The Morgan fingerprint density at radius 3 is 3.18 bits per heavy atom. The molecule has 0 saturated carbocycles. The first kappa shape index (κ1) is 11.8. The molecule has 0 bridgehead atoms. The number of hydrogen-bond donors (Lipinski definition) is 1. The molecule has 1 aliphatic rings. The number of nitrogens with one attached hydrogen (secondary N) is 1. The van der Waals surface area contributed by atoms with Gasteiger partial charge in [0.15, 0.2) is 0 Å². The van der Waals surface area contributed by atoms with Gasteiger partial charge in [-0.1, -0.05) is 12.2 Å². The van der Waals surface area contributed by atoms with Crippen LogP contribution in [0, 0.1) is 0 Å². The van der Waals surface area contributed by atoms with Crippen molar-refractivity contribution in [3.63, 3.8) is 0 Å². The van der Waals surface area contributed by atoms with E-state index in [2.05, 4.69) is 22.1 Å². The molecule has 92 valence electrons. The molecule has 1 unspecified atom stereocenters. The molecule has 0 spiro atoms. The third kappa shape index (κ3) is 2.52. The summed E-state index contributed by atoms with van der Waals surface area (Å²) < 4.78 is 5.06. The van der Waals surface area contributed by atoms with Crippen LogP contribution in [0.5, 0.6) is 0 Å². The van der Waals surface area contributed by atoms with Crippen molar-refractivity contribution in [2.24, 2.45) is 0 Å². The highest BCUT2D eigenvalue weighted by atomic mass is 16.4. The van der Waals surface area contributed by atoms with Gasteiger partial charge in [0.25, 0.3) is 0 Å². The molecule has 1 N–H and O–H groups in total. The molecule has 1 atom stereocenters. The number of rotatable bonds is 3. The van der Waals surface area contributed by atoms with Crippen LogP contribution in [0.4, 0.5) is 0 Å². The molecule has 0 aliphatic carbocycles. The van der Waals surface area contributed by atoms with E-state index >= 15 is 0 Å². The van der Waals surface area contributed by atoms with Gasteiger partial charge in [-0.05, 0) is 19.9 Å². The quantitative estimate of drug-likeness (QED) is 0.766. The van der Waals surface area contributed by atoms with Crippen LogP contribution in [0.1, 0.15) is 18.7 Å². The lowest BCUT2D eigenvalue weighted by Gasteiger charge is -2.22. The molecular weight excluding hydrogens is 220 g/mol. The van der Waals surface area contributed by atoms with E-state index in [0.29, 0.717) is 19.0 Å². The van der Waals surface area contributed by atoms with Gasteiger partial charge in [0, 0.05) is 6.54 Å². The Hall–Kier alpha value is -1.69. The largest absolute Gasteiger partial charge is 0.426 e. The molecule has 1 aromatic rings. The fourth-order valence-electron chi connectivity index (χ4n) is 2.02. The molecule has 1 aliphatic heterocycles. The predicted octanol–water partition coefficient (Wildman–Crippen LogP) is 0.336. The number of likely N-dealkylation sites (tertiary alicyclic amines) is 1. The first-order valence-electron chi connectivity index (χ1n) is 5.61. The van der Waals surface area contributed by atoms with Gasteiger partial charge < -0.3 is 14.6 Å². The third-order valence-electron chi connectivity index (χ3n) is 2.91. The topological polar surface area (TPSA) is 71.3 Å². The summed E-state index contributed by atoms with van der Waals surface area (Å²) >= 11 is 0. The van der Waals surface area contributed by atoms with Crippen LogP contribution in [0.3, 0.4) is 0 Å². The highest BCUT2D eigenvalue weighted by Gasteiger charge is 2.28. The Labute approximate surface area is 99.7 Å². The Morgan fingerprint density at radius 1 is 1.71 bits per heavy atom. The molecule has 0 radical (unpaired) electrons. The second kappa shape index (κ2) is 5.09. The Kier molecular flexibility index (Phi) is 3.53. The summed E-state index contributed by atoms with van der Waals surface area (Å²) in [5.41, 5.74) is 0.936. The maximum absolute atomic E-state index is 12.2. The van der Waals surface area contributed by atoms with Crippen molar-refractivity contribution in [1.82, 2.24) is 20.4 Å². The lowest BCUT2D eigenvalue weighted by atomic mass is 10.1. The van der Waals surface area contributed by atoms with E-state index in [0.717, 1.165) is 18.4 Å². The van der Waals surface area contributed by atoms with Crippen molar-refractivity contribution in [2.45, 2.75) is 25.4 Å². The third-order valence-corrected chi connectivity index (χ3v) is 2.91. The van der Waals surface area contributed by atoms with Crippen molar-refractivity contribution in [1.29, 1.82) is 0 Å². The van der Waals surface area contributed by atoms with Gasteiger partial charge in [0.2, 0.25) is 18.2 Å². The van der Waals surface area contributed by atoms with Crippen molar-refractivity contribution in [2.75, 3.05) is 13.6 Å². The SMILES string of the molecule is C=C1CCCN(Cc2nnco2)C(=O)C1NC. The lowest BCUT2D eigenvalue weighted by Crippen LogP contribution is -2.44. The number of nitrogens with zero attached hydrogens (tertiary/aromatic N) is 3. The van der Waals surface area contributed by atoms with E-state index in [1.54, 1.807) is 11.9 Å². The fraction of sp³-hybridized carbons (Fsp3) is 0.545. The minimum atomic E-state index is -0.305. The zero-order chi connectivity index (χ0) is 12.3. The standard InChI is InChI=1S/C11H16N4O2/c1-8-4-3-5-15(11(16)10(8)12-2)6-9-14-13-7-17-9/h7,10,12H,1,3-6H2,2H3. The van der Waals surface area contributed by atoms with Crippen LogP contribution in [0.25, 0.3) is 0 Å². The minimum Gasteiger partial charge on any atom is -0.426 e. The van der Waals surface area contributed by atoms with Crippen molar-refractivity contribution in [3.8, 4) is 0 Å². The molecular formula is C11H16N4O2. The Balaban J connectivity index is 2.11. The molecule has 1 amide bonds. The molecule has 6 nitrogen and oxygen atoms in total. The van der Waals surface area contributed by atoms with Crippen LogP contribution in [0.15, 0.2) is 23.0 Å². The van der Waals surface area contributed by atoms with Gasteiger partial charge in [0.05, 0.1) is 6.54 Å². The van der Waals surface area contributed by atoms with Gasteiger partial charge in [0.1, 0.15) is 6.04 Å². The summed E-state index contributed by atoms with van der Waals surface area (Å²) in [5.74, 6) is 0.480. The summed E-state index contributed by atoms with van der Waals surface area (Å²) in [6.07, 6.45) is 3.04. The molecule has 1 fully saturated rings. The van der Waals surface area contributed by atoms with E-state index in [4.69, 9.17) is 4.42 Å². The van der Waals surface area contributed by atoms with E-state index < -0.39 is 0 Å². The average Bonchev–Trinajstić information content (AvgIpc) is 2.76. The van der Waals surface area contributed by atoms with E-state index in [1.807, 2.05) is 0 Å². The van der Waals surface area contributed by atoms with E-state index in [1.165, 1.54) is 6.39 Å². The van der Waals surface area contributed by atoms with Crippen LogP contribution >= 0.6 is 0 Å². The predicted molar refractivity (Wildman–Crippen MR) is 60.9 cm³/mol. The smallest absolute Gasteiger partial charge is 0.244 e. The highest BCUT2D eigenvalue weighted by Crippen LogP contribution is 2.17. The van der Waals surface area contributed by atoms with Gasteiger partial charge in [-0.2, -0.15) is 0 Å². The molecule has 17 heavy (non-hydrogen) atoms. The molecule has 6 heteroatoms. The number of likely N-dealkylation sites (N-methyl/N-ethyl adjacent to an activating group) is 1. The first-order chi connectivity index (χ1) is 8.22. The normalized spacial score (nSPS) is 21.7. The van der Waals surface area contributed by atoms with E-state index in [9.17, 15) is 4.79 Å². The number of aromatic nitrogens is 2. The molecule has 1 saturated heterocycles. The minimum absolute atomic E-state index is 0.0215. The zero-order valence-corrected chi connectivity index (χ0v) is 9.85. The molecule has 2 rings (SSSR count). The monoisotopic (exact) mass is 236 g/mol. The average molecular weight is 236 g/mol. The Bertz CT molecular complexity index is 402. The van der Waals surface area contributed by atoms with Gasteiger partial charge in [-0.3, -0.25) is 4.79 Å². The second-order valence-corrected chi connectivity index (χ2v) is 4.08. The summed E-state index contributed by atoms with van der Waals surface area (Å²) in [5, 5.41) is 10.4. The molecule has 0 aromatic carbocycles. The molecule has 1 aromatic heterocycles. The maximum atomic E-state index is 12.2. The lowest BCUT2D eigenvalue weighted by molar-refractivity contribution is -0.132. The number of carbonyl (C=O) groups excluding carboxylic acids is 1. The second-order valence-electron chi connectivity index (χ2n) is 4.08. The summed E-state index contributed by atoms with van der Waals surface area (Å²) in [6, 6.07) is -0.305. The van der Waals surface area contributed by atoms with Crippen LogP contribution in [-0.2, 0) is 11.3 Å². The van der Waals surface area contributed by atoms with Gasteiger partial charge in [-0.25, -0.2) is 0 Å². The molecule has 2 heterocycles. The van der Waals surface area contributed by atoms with Crippen LogP contribution in [0.2, 0.25) is 0 Å². The summed E-state index contributed by atoms with van der Waals surface area (Å²) in [6.45, 7) is 5.01. The number of carbonyl (C=O) groups is 1. The van der Waals surface area contributed by atoms with Gasteiger partial charge >= 0.3 is 0 Å². The number of amides is 1. The zero-order valence-electron chi connectivity index (χ0n) is 9.85. The van der Waals surface area contributed by atoms with Gasteiger partial charge in [-0.15, -0.1) is 10.2 Å². The van der Waals surface area contributed by atoms with Crippen LogP contribution in [-0.4, -0.2) is 40.6 Å². The van der Waals surface area contributed by atoms with Crippen molar-refractivity contribution < 1.29 is 9.21 Å². The fourth-order valence-corrected chi connectivity index (χ4v) is 2.02. The Morgan fingerprint density at radius 2 is 2.53 bits per heavy atom.